The summed E-state index contributed by atoms with van der Waals surface area (Å²) in [5, 5.41) is 3.20. The van der Waals surface area contributed by atoms with Gasteiger partial charge in [-0.1, -0.05) is 52.3 Å². The number of hydrogen-bond acceptors (Lipinski definition) is 3. The number of nitrogens with zero attached hydrogens (tertiary/aromatic N) is 2. The number of halogens is 1. The molecule has 0 aromatic heterocycles. The van der Waals surface area contributed by atoms with Gasteiger partial charge in [-0.25, -0.2) is 4.99 Å². The van der Waals surface area contributed by atoms with Crippen molar-refractivity contribution in [1.82, 2.24) is 10.2 Å². The zero-order chi connectivity index (χ0) is 24.1. The Morgan fingerprint density at radius 3 is 2.59 bits per heavy atom. The molecule has 34 heavy (non-hydrogen) atoms. The fourth-order valence-corrected chi connectivity index (χ4v) is 4.55. The minimum absolute atomic E-state index is 0.00437. The number of carbonyl (C=O) groups is 1. The number of aryl methyl sites for hydroxylation is 1. The van der Waals surface area contributed by atoms with Gasteiger partial charge in [0.05, 0.1) is 17.8 Å². The highest BCUT2D eigenvalue weighted by atomic mass is 79.9. The number of fused-ring (bicyclic) bond motifs is 1. The molecule has 0 radical (unpaired) electrons. The molecule has 3 aromatic carbocycles. The quantitative estimate of drug-likeness (QED) is 0.297. The van der Waals surface area contributed by atoms with Gasteiger partial charge in [0, 0.05) is 30.7 Å². The van der Waals surface area contributed by atoms with Crippen LogP contribution in [0.3, 0.4) is 0 Å². The second kappa shape index (κ2) is 11.0. The average Bonchev–Trinajstić information content (AvgIpc) is 3.25. The number of methoxy groups -OCH3 is 1. The highest BCUT2D eigenvalue weighted by Crippen LogP contribution is 2.34. The van der Waals surface area contributed by atoms with Crippen molar-refractivity contribution in [1.29, 1.82) is 0 Å². The highest BCUT2D eigenvalue weighted by Gasteiger charge is 2.25. The molecule has 1 aliphatic carbocycles. The fraction of sp³-hybridized carbons (Fsp3) is 0.286. The van der Waals surface area contributed by atoms with E-state index >= 15 is 0 Å². The van der Waals surface area contributed by atoms with Crippen molar-refractivity contribution in [2.45, 2.75) is 31.9 Å². The lowest BCUT2D eigenvalue weighted by molar-refractivity contribution is 0.0868. The molecule has 5 nitrogen and oxygen atoms in total. The number of likely N-dealkylation sites (N-methyl/N-ethyl adjacent to an activating group) is 1. The van der Waals surface area contributed by atoms with E-state index in [1.807, 2.05) is 56.4 Å². The van der Waals surface area contributed by atoms with Crippen molar-refractivity contribution in [2.75, 3.05) is 20.7 Å². The lowest BCUT2D eigenvalue weighted by Crippen LogP contribution is -2.29. The summed E-state index contributed by atoms with van der Waals surface area (Å²) in [7, 11) is 3.77. The first-order chi connectivity index (χ1) is 16.4. The Morgan fingerprint density at radius 1 is 1.15 bits per heavy atom. The molecular formula is C28H30BrN3O2. The molecule has 2 unspecified atom stereocenters. The standard InChI is InChI=1S/C28H30BrN3O2/c1-19(32(2)18-27(34-3)21-7-5-4-6-8-21)30-24-15-11-20-12-16-26(25(20)17-24)31-28(33)22-9-13-23(29)14-10-22/h4-11,13-15,17,26-27H,12,16,18H2,1-3H3,(H,31,33). The van der Waals surface area contributed by atoms with Crippen molar-refractivity contribution in [3.05, 3.63) is 99.5 Å². The molecule has 1 aliphatic rings. The molecule has 0 spiro atoms. The Kier molecular flexibility index (Phi) is 7.80. The summed E-state index contributed by atoms with van der Waals surface area (Å²) in [6.45, 7) is 2.71. The van der Waals surface area contributed by atoms with Crippen LogP contribution in [0.5, 0.6) is 0 Å². The van der Waals surface area contributed by atoms with Gasteiger partial charge >= 0.3 is 0 Å². The molecule has 3 aromatic rings. The van der Waals surface area contributed by atoms with Crippen LogP contribution in [0, 0.1) is 0 Å². The van der Waals surface area contributed by atoms with E-state index in [9.17, 15) is 4.79 Å². The summed E-state index contributed by atoms with van der Waals surface area (Å²) in [5.41, 5.74) is 5.12. The van der Waals surface area contributed by atoms with Gasteiger partial charge in [0.15, 0.2) is 0 Å². The Hall–Kier alpha value is -2.96. The zero-order valence-electron chi connectivity index (χ0n) is 19.8. The molecule has 6 heteroatoms. The molecule has 2 atom stereocenters. The second-order valence-electron chi connectivity index (χ2n) is 8.63. The third kappa shape index (κ3) is 5.75. The van der Waals surface area contributed by atoms with Gasteiger partial charge in [-0.2, -0.15) is 0 Å². The van der Waals surface area contributed by atoms with Gasteiger partial charge in [0.2, 0.25) is 0 Å². The van der Waals surface area contributed by atoms with Gasteiger partial charge in [0.25, 0.3) is 5.91 Å². The number of benzene rings is 3. The third-order valence-electron chi connectivity index (χ3n) is 6.36. The van der Waals surface area contributed by atoms with Crippen LogP contribution in [0.25, 0.3) is 0 Å². The number of ether oxygens (including phenoxy) is 1. The van der Waals surface area contributed by atoms with Crippen LogP contribution in [0.2, 0.25) is 0 Å². The molecule has 0 aliphatic heterocycles. The van der Waals surface area contributed by atoms with E-state index in [0.717, 1.165) is 40.0 Å². The first-order valence-electron chi connectivity index (χ1n) is 11.5. The van der Waals surface area contributed by atoms with Crippen molar-refractivity contribution in [2.24, 2.45) is 4.99 Å². The van der Waals surface area contributed by atoms with Crippen LogP contribution in [0.1, 0.15) is 52.5 Å². The maximum atomic E-state index is 12.7. The lowest BCUT2D eigenvalue weighted by Gasteiger charge is -2.25. The monoisotopic (exact) mass is 519 g/mol. The van der Waals surface area contributed by atoms with E-state index in [1.54, 1.807) is 7.11 Å². The summed E-state index contributed by atoms with van der Waals surface area (Å²) in [4.78, 5) is 19.7. The van der Waals surface area contributed by atoms with Crippen LogP contribution >= 0.6 is 15.9 Å². The third-order valence-corrected chi connectivity index (χ3v) is 6.89. The normalized spacial score (nSPS) is 16.1. The summed E-state index contributed by atoms with van der Waals surface area (Å²) in [5.74, 6) is 0.855. The molecule has 4 rings (SSSR count). The number of hydrogen-bond donors (Lipinski definition) is 1. The molecule has 176 valence electrons. The number of aliphatic imine (C=N–C) groups is 1. The molecule has 0 fully saturated rings. The van der Waals surface area contributed by atoms with E-state index in [1.165, 1.54) is 5.56 Å². The Labute approximate surface area is 210 Å². The smallest absolute Gasteiger partial charge is 0.251 e. The molecular weight excluding hydrogens is 490 g/mol. The molecule has 1 N–H and O–H groups in total. The molecule has 0 saturated carbocycles. The Bertz CT molecular complexity index is 1160. The largest absolute Gasteiger partial charge is 0.375 e. The maximum Gasteiger partial charge on any atom is 0.251 e. The van der Waals surface area contributed by atoms with Crippen LogP contribution in [0.4, 0.5) is 5.69 Å². The van der Waals surface area contributed by atoms with Crippen LogP contribution in [0.15, 0.2) is 82.3 Å². The van der Waals surface area contributed by atoms with E-state index in [2.05, 4.69) is 56.5 Å². The Morgan fingerprint density at radius 2 is 1.88 bits per heavy atom. The van der Waals surface area contributed by atoms with E-state index < -0.39 is 0 Å². The van der Waals surface area contributed by atoms with Crippen molar-refractivity contribution < 1.29 is 9.53 Å². The summed E-state index contributed by atoms with van der Waals surface area (Å²) >= 11 is 3.42. The first kappa shape index (κ1) is 24.2. The lowest BCUT2D eigenvalue weighted by atomic mass is 10.1. The SMILES string of the molecule is COC(CN(C)C(C)=Nc1ccc2c(c1)C(NC(=O)c1ccc(Br)cc1)CC2)c1ccccc1. The van der Waals surface area contributed by atoms with Crippen LogP contribution in [-0.4, -0.2) is 37.3 Å². The maximum absolute atomic E-state index is 12.7. The van der Waals surface area contributed by atoms with Gasteiger partial charge in [-0.15, -0.1) is 0 Å². The minimum atomic E-state index is -0.0540. The van der Waals surface area contributed by atoms with Gasteiger partial charge in [-0.05, 0) is 72.9 Å². The highest BCUT2D eigenvalue weighted by molar-refractivity contribution is 9.10. The average molecular weight is 520 g/mol. The van der Waals surface area contributed by atoms with Crippen LogP contribution in [-0.2, 0) is 11.2 Å². The molecule has 0 saturated heterocycles. The summed E-state index contributed by atoms with van der Waals surface area (Å²) in [6.07, 6.45) is 1.82. The van der Waals surface area contributed by atoms with Crippen molar-refractivity contribution in [3.63, 3.8) is 0 Å². The minimum Gasteiger partial charge on any atom is -0.375 e. The van der Waals surface area contributed by atoms with Crippen molar-refractivity contribution >= 4 is 33.4 Å². The van der Waals surface area contributed by atoms with E-state index in [0.29, 0.717) is 12.1 Å². The molecule has 0 bridgehead atoms. The van der Waals surface area contributed by atoms with E-state index in [4.69, 9.17) is 9.73 Å². The predicted octanol–water partition coefficient (Wildman–Crippen LogP) is 6.24. The number of amidine groups is 1. The van der Waals surface area contributed by atoms with Gasteiger partial charge in [-0.3, -0.25) is 4.79 Å². The predicted molar refractivity (Wildman–Crippen MR) is 141 cm³/mol. The van der Waals surface area contributed by atoms with Crippen LogP contribution < -0.4 is 5.32 Å². The topological polar surface area (TPSA) is 53.9 Å². The molecule has 0 heterocycles. The van der Waals surface area contributed by atoms with E-state index in [-0.39, 0.29) is 18.1 Å². The number of rotatable bonds is 7. The first-order valence-corrected chi connectivity index (χ1v) is 12.3. The fourth-order valence-electron chi connectivity index (χ4n) is 4.29. The number of amides is 1. The Balaban J connectivity index is 1.46. The molecule has 1 amide bonds. The zero-order valence-corrected chi connectivity index (χ0v) is 21.4. The summed E-state index contributed by atoms with van der Waals surface area (Å²) in [6, 6.07) is 23.9. The summed E-state index contributed by atoms with van der Waals surface area (Å²) < 4.78 is 6.68. The number of nitrogens with one attached hydrogen (secondary N) is 1. The van der Waals surface area contributed by atoms with Gasteiger partial charge < -0.3 is 15.0 Å². The van der Waals surface area contributed by atoms with Crippen molar-refractivity contribution in [3.8, 4) is 0 Å². The number of carbonyl (C=O) groups excluding carboxylic acids is 1. The van der Waals surface area contributed by atoms with Gasteiger partial charge in [0.1, 0.15) is 5.84 Å². The second-order valence-corrected chi connectivity index (χ2v) is 9.54.